The van der Waals surface area contributed by atoms with Crippen LogP contribution in [0.4, 0.5) is 0 Å². The Bertz CT molecular complexity index is 993. The van der Waals surface area contributed by atoms with E-state index in [0.717, 1.165) is 19.3 Å². The molecule has 1 N–H and O–H groups in total. The van der Waals surface area contributed by atoms with Gasteiger partial charge in [0.05, 0.1) is 26.2 Å². The average molecular weight is 499 g/mol. The molecule has 0 saturated carbocycles. The fourth-order valence-corrected chi connectivity index (χ4v) is 3.40. The van der Waals surface area contributed by atoms with Crippen molar-refractivity contribution in [2.75, 3.05) is 19.8 Å². The lowest BCUT2D eigenvalue weighted by molar-refractivity contribution is -0.136. The van der Waals surface area contributed by atoms with Crippen LogP contribution in [0.15, 0.2) is 36.4 Å². The Morgan fingerprint density at radius 3 is 1.61 bits per heavy atom. The number of carboxylic acid groups (broad SMARTS) is 1. The number of ketones is 1. The highest BCUT2D eigenvalue weighted by Gasteiger charge is 2.17. The van der Waals surface area contributed by atoms with Crippen LogP contribution in [0.5, 0.6) is 17.2 Å². The van der Waals surface area contributed by atoms with Gasteiger partial charge in [-0.1, -0.05) is 53.7 Å². The number of ether oxygens (including phenoxy) is 3. The molecule has 36 heavy (non-hydrogen) atoms. The summed E-state index contributed by atoms with van der Waals surface area (Å²) in [6.07, 6.45) is 2.49. The summed E-state index contributed by atoms with van der Waals surface area (Å²) in [5.41, 5.74) is 1.46. The number of carbonyl (C=O) groups is 2. The number of benzene rings is 2. The van der Waals surface area contributed by atoms with Crippen LogP contribution >= 0.6 is 0 Å². The monoisotopic (exact) mass is 498 g/mol. The predicted octanol–water partition coefficient (Wildman–Crippen LogP) is 6.82. The Labute approximate surface area is 216 Å². The summed E-state index contributed by atoms with van der Waals surface area (Å²) in [5.74, 6) is 1.97. The summed E-state index contributed by atoms with van der Waals surface area (Å²) in [5, 5.41) is 9.27. The Kier molecular flexibility index (Phi) is 11.8. The smallest absolute Gasteiger partial charge is 0.307 e. The van der Waals surface area contributed by atoms with Gasteiger partial charge in [0, 0.05) is 16.7 Å². The molecule has 0 unspecified atom stereocenters. The summed E-state index contributed by atoms with van der Waals surface area (Å²) < 4.78 is 17.9. The Morgan fingerprint density at radius 2 is 1.11 bits per heavy atom. The van der Waals surface area contributed by atoms with E-state index in [0.29, 0.717) is 71.5 Å². The molecular weight excluding hydrogens is 456 g/mol. The predicted molar refractivity (Wildman–Crippen MR) is 143 cm³/mol. The standard InChI is InChI=1S/C30H42O6/c1-20(2)11-14-34-26-10-9-25(18-28(26)36-16-13-22(5)6)30(33)24-8-7-23(19-29(31)32)27(17-24)35-15-12-21(3)4/h7-10,17-18,20-22H,11-16,19H2,1-6H3,(H,31,32). The number of rotatable bonds is 16. The average Bonchev–Trinajstić information content (AvgIpc) is 2.79. The van der Waals surface area contributed by atoms with E-state index in [1.165, 1.54) is 0 Å². The first-order chi connectivity index (χ1) is 17.1. The van der Waals surface area contributed by atoms with E-state index in [2.05, 4.69) is 41.5 Å². The van der Waals surface area contributed by atoms with Gasteiger partial charge in [0.25, 0.3) is 0 Å². The first-order valence-electron chi connectivity index (χ1n) is 13.0. The van der Waals surface area contributed by atoms with Gasteiger partial charge < -0.3 is 19.3 Å². The molecule has 2 rings (SSSR count). The van der Waals surface area contributed by atoms with Gasteiger partial charge in [0.2, 0.25) is 0 Å². The molecule has 0 radical (unpaired) electrons. The van der Waals surface area contributed by atoms with Gasteiger partial charge >= 0.3 is 5.97 Å². The molecule has 0 bridgehead atoms. The summed E-state index contributed by atoms with van der Waals surface area (Å²) in [6, 6.07) is 10.2. The van der Waals surface area contributed by atoms with E-state index in [1.807, 2.05) is 0 Å². The Morgan fingerprint density at radius 1 is 0.667 bits per heavy atom. The number of hydrogen-bond acceptors (Lipinski definition) is 5. The molecule has 0 aliphatic rings. The van der Waals surface area contributed by atoms with Crippen molar-refractivity contribution in [3.63, 3.8) is 0 Å². The fourth-order valence-electron chi connectivity index (χ4n) is 3.40. The number of aliphatic carboxylic acids is 1. The molecule has 0 atom stereocenters. The van der Waals surface area contributed by atoms with Crippen molar-refractivity contribution in [1.82, 2.24) is 0 Å². The van der Waals surface area contributed by atoms with E-state index >= 15 is 0 Å². The molecule has 6 heteroatoms. The molecule has 2 aromatic rings. The molecule has 0 aliphatic heterocycles. The molecule has 0 aromatic heterocycles. The van der Waals surface area contributed by atoms with Gasteiger partial charge in [0.15, 0.2) is 17.3 Å². The van der Waals surface area contributed by atoms with Crippen molar-refractivity contribution in [3.05, 3.63) is 53.1 Å². The van der Waals surface area contributed by atoms with Gasteiger partial charge in [0.1, 0.15) is 5.75 Å². The minimum absolute atomic E-state index is 0.165. The SMILES string of the molecule is CC(C)CCOc1cc(C(=O)c2ccc(OCCC(C)C)c(OCCC(C)C)c2)ccc1CC(=O)O. The first kappa shape index (κ1) is 29.2. The molecule has 0 saturated heterocycles. The maximum Gasteiger partial charge on any atom is 0.307 e. The van der Waals surface area contributed by atoms with Gasteiger partial charge in [-0.2, -0.15) is 0 Å². The molecule has 0 heterocycles. The van der Waals surface area contributed by atoms with Gasteiger partial charge in [-0.15, -0.1) is 0 Å². The molecule has 198 valence electrons. The molecule has 0 amide bonds. The zero-order valence-corrected chi connectivity index (χ0v) is 22.6. The minimum atomic E-state index is -0.945. The van der Waals surface area contributed by atoms with Crippen LogP contribution < -0.4 is 14.2 Å². The molecule has 6 nitrogen and oxygen atoms in total. The second-order valence-electron chi connectivity index (χ2n) is 10.5. The van der Waals surface area contributed by atoms with Crippen molar-refractivity contribution in [2.24, 2.45) is 17.8 Å². The summed E-state index contributed by atoms with van der Waals surface area (Å²) in [6.45, 7) is 14.3. The van der Waals surface area contributed by atoms with E-state index in [4.69, 9.17) is 14.2 Å². The third-order valence-electron chi connectivity index (χ3n) is 5.74. The third kappa shape index (κ3) is 9.92. The second kappa shape index (κ2) is 14.5. The third-order valence-corrected chi connectivity index (χ3v) is 5.74. The summed E-state index contributed by atoms with van der Waals surface area (Å²) >= 11 is 0. The van der Waals surface area contributed by atoms with Crippen LogP contribution in [-0.4, -0.2) is 36.7 Å². The van der Waals surface area contributed by atoms with Crippen LogP contribution in [0, 0.1) is 17.8 Å². The fraction of sp³-hybridized carbons (Fsp3) is 0.533. The highest BCUT2D eigenvalue weighted by molar-refractivity contribution is 6.09. The van der Waals surface area contributed by atoms with Crippen molar-refractivity contribution < 1.29 is 28.9 Å². The minimum Gasteiger partial charge on any atom is -0.493 e. The van der Waals surface area contributed by atoms with Crippen LogP contribution in [-0.2, 0) is 11.2 Å². The van der Waals surface area contributed by atoms with Crippen LogP contribution in [0.1, 0.15) is 82.3 Å². The largest absolute Gasteiger partial charge is 0.493 e. The lowest BCUT2D eigenvalue weighted by Gasteiger charge is -2.16. The molecular formula is C30H42O6. The zero-order chi connectivity index (χ0) is 26.7. The highest BCUT2D eigenvalue weighted by atomic mass is 16.5. The van der Waals surface area contributed by atoms with Crippen LogP contribution in [0.3, 0.4) is 0 Å². The van der Waals surface area contributed by atoms with Crippen molar-refractivity contribution in [2.45, 2.75) is 67.2 Å². The zero-order valence-electron chi connectivity index (χ0n) is 22.6. The Balaban J connectivity index is 2.30. The van der Waals surface area contributed by atoms with E-state index in [-0.39, 0.29) is 12.2 Å². The van der Waals surface area contributed by atoms with Crippen molar-refractivity contribution in [3.8, 4) is 17.2 Å². The van der Waals surface area contributed by atoms with Gasteiger partial charge in [-0.3, -0.25) is 9.59 Å². The van der Waals surface area contributed by atoms with Crippen LogP contribution in [0.2, 0.25) is 0 Å². The quantitative estimate of drug-likeness (QED) is 0.256. The highest BCUT2D eigenvalue weighted by Crippen LogP contribution is 2.31. The maximum atomic E-state index is 13.4. The molecule has 0 spiro atoms. The van der Waals surface area contributed by atoms with E-state index in [1.54, 1.807) is 36.4 Å². The summed E-state index contributed by atoms with van der Waals surface area (Å²) in [7, 11) is 0. The first-order valence-corrected chi connectivity index (χ1v) is 13.0. The summed E-state index contributed by atoms with van der Waals surface area (Å²) in [4.78, 5) is 24.7. The number of carboxylic acids is 1. The van der Waals surface area contributed by atoms with E-state index in [9.17, 15) is 14.7 Å². The van der Waals surface area contributed by atoms with Gasteiger partial charge in [-0.25, -0.2) is 0 Å². The Hall–Kier alpha value is -3.02. The van der Waals surface area contributed by atoms with Crippen LogP contribution in [0.25, 0.3) is 0 Å². The lowest BCUT2D eigenvalue weighted by Crippen LogP contribution is -2.10. The number of carbonyl (C=O) groups excluding carboxylic acids is 1. The maximum absolute atomic E-state index is 13.4. The lowest BCUT2D eigenvalue weighted by atomic mass is 10.00. The molecule has 0 aliphatic carbocycles. The molecule has 2 aromatic carbocycles. The topological polar surface area (TPSA) is 82.1 Å². The molecule has 0 fully saturated rings. The van der Waals surface area contributed by atoms with Crippen molar-refractivity contribution >= 4 is 11.8 Å². The number of hydrogen-bond donors (Lipinski definition) is 1. The normalized spacial score (nSPS) is 11.2. The van der Waals surface area contributed by atoms with Gasteiger partial charge in [-0.05, 0) is 61.3 Å². The van der Waals surface area contributed by atoms with Crippen molar-refractivity contribution in [1.29, 1.82) is 0 Å². The second-order valence-corrected chi connectivity index (χ2v) is 10.5. The van der Waals surface area contributed by atoms with E-state index < -0.39 is 5.97 Å².